The molecule has 2 fully saturated rings. The number of amides is 1. The molecule has 0 radical (unpaired) electrons. The monoisotopic (exact) mass is 256 g/mol. The lowest BCUT2D eigenvalue weighted by Crippen LogP contribution is -2.44. The lowest BCUT2D eigenvalue weighted by atomic mass is 10.0. The molecule has 1 aliphatic heterocycles. The summed E-state index contributed by atoms with van der Waals surface area (Å²) in [6, 6.07) is 0.135. The van der Waals surface area contributed by atoms with Gasteiger partial charge in [-0.3, -0.25) is 4.79 Å². The Morgan fingerprint density at radius 3 is 2.82 bits per heavy atom. The summed E-state index contributed by atoms with van der Waals surface area (Å²) in [5.74, 6) is 0.272. The molecule has 1 aliphatic carbocycles. The van der Waals surface area contributed by atoms with Gasteiger partial charge in [-0.05, 0) is 26.2 Å². The third kappa shape index (κ3) is 2.96. The summed E-state index contributed by atoms with van der Waals surface area (Å²) in [5, 5.41) is 3.09. The number of hydrogen-bond acceptors (Lipinski definition) is 3. The van der Waals surface area contributed by atoms with Crippen LogP contribution in [-0.2, 0) is 9.53 Å². The highest BCUT2D eigenvalue weighted by atomic mass is 32.1. The zero-order valence-corrected chi connectivity index (χ0v) is 11.0. The van der Waals surface area contributed by atoms with Crippen molar-refractivity contribution in [2.75, 3.05) is 6.61 Å². The van der Waals surface area contributed by atoms with Gasteiger partial charge in [0, 0.05) is 12.0 Å². The molecule has 0 spiro atoms. The van der Waals surface area contributed by atoms with Crippen molar-refractivity contribution in [1.29, 1.82) is 0 Å². The molecule has 17 heavy (non-hydrogen) atoms. The van der Waals surface area contributed by atoms with E-state index in [1.807, 2.05) is 6.92 Å². The number of nitrogens with one attached hydrogen (secondary N) is 1. The maximum atomic E-state index is 12.0. The van der Waals surface area contributed by atoms with Crippen molar-refractivity contribution in [3.05, 3.63) is 0 Å². The van der Waals surface area contributed by atoms with E-state index in [0.717, 1.165) is 25.7 Å². The Morgan fingerprint density at radius 1 is 1.47 bits per heavy atom. The third-order valence-electron chi connectivity index (χ3n) is 3.78. The number of rotatable bonds is 3. The van der Waals surface area contributed by atoms with E-state index in [4.69, 9.17) is 22.7 Å². The van der Waals surface area contributed by atoms with Crippen LogP contribution in [-0.4, -0.2) is 29.6 Å². The fourth-order valence-corrected chi connectivity index (χ4v) is 3.06. The van der Waals surface area contributed by atoms with Crippen LogP contribution in [0.2, 0.25) is 0 Å². The zero-order valence-electron chi connectivity index (χ0n) is 10.1. The second-order valence-electron chi connectivity index (χ2n) is 5.13. The van der Waals surface area contributed by atoms with Gasteiger partial charge in [0.05, 0.1) is 23.6 Å². The summed E-state index contributed by atoms with van der Waals surface area (Å²) in [7, 11) is 0. The zero-order chi connectivity index (χ0) is 12.4. The van der Waals surface area contributed by atoms with E-state index in [1.54, 1.807) is 0 Å². The van der Waals surface area contributed by atoms with Crippen LogP contribution in [0.5, 0.6) is 0 Å². The molecule has 0 aromatic carbocycles. The minimum Gasteiger partial charge on any atom is -0.393 e. The Hall–Kier alpha value is -0.680. The predicted molar refractivity (Wildman–Crippen MR) is 69.6 cm³/mol. The van der Waals surface area contributed by atoms with Gasteiger partial charge in [-0.2, -0.15) is 0 Å². The molecule has 1 heterocycles. The normalized spacial score (nSPS) is 37.0. The topological polar surface area (TPSA) is 64.4 Å². The van der Waals surface area contributed by atoms with Crippen LogP contribution in [0.1, 0.15) is 32.6 Å². The van der Waals surface area contributed by atoms with Crippen LogP contribution < -0.4 is 11.1 Å². The third-order valence-corrected chi connectivity index (χ3v) is 4.08. The van der Waals surface area contributed by atoms with Crippen molar-refractivity contribution in [2.24, 2.45) is 17.6 Å². The molecule has 2 rings (SSSR count). The number of carbonyl (C=O) groups is 1. The van der Waals surface area contributed by atoms with Gasteiger partial charge in [0.15, 0.2) is 0 Å². The van der Waals surface area contributed by atoms with E-state index in [9.17, 15) is 4.79 Å². The summed E-state index contributed by atoms with van der Waals surface area (Å²) in [5.41, 5.74) is 5.69. The van der Waals surface area contributed by atoms with E-state index in [1.165, 1.54) is 0 Å². The summed E-state index contributed by atoms with van der Waals surface area (Å²) in [4.78, 5) is 12.6. The van der Waals surface area contributed by atoms with Crippen LogP contribution in [0.15, 0.2) is 0 Å². The SMILES string of the molecule is CC1CC(C(=O)NC2CCCC2C(N)=S)CO1. The van der Waals surface area contributed by atoms with Crippen LogP contribution >= 0.6 is 12.2 Å². The molecular formula is C12H20N2O2S. The Balaban J connectivity index is 1.88. The molecule has 1 saturated heterocycles. The summed E-state index contributed by atoms with van der Waals surface area (Å²) >= 11 is 5.04. The first kappa shape index (κ1) is 12.8. The van der Waals surface area contributed by atoms with Crippen LogP contribution in [0.4, 0.5) is 0 Å². The molecule has 0 bridgehead atoms. The molecule has 3 N–H and O–H groups in total. The van der Waals surface area contributed by atoms with Gasteiger partial charge in [-0.25, -0.2) is 0 Å². The Labute approximate surface area is 107 Å². The largest absolute Gasteiger partial charge is 0.393 e. The fourth-order valence-electron chi connectivity index (χ4n) is 2.77. The highest BCUT2D eigenvalue weighted by molar-refractivity contribution is 7.80. The predicted octanol–water partition coefficient (Wildman–Crippen LogP) is 0.982. The Kier molecular flexibility index (Phi) is 3.99. The highest BCUT2D eigenvalue weighted by Crippen LogP contribution is 2.27. The molecule has 1 saturated carbocycles. The van der Waals surface area contributed by atoms with Gasteiger partial charge in [0.25, 0.3) is 0 Å². The molecular weight excluding hydrogens is 236 g/mol. The van der Waals surface area contributed by atoms with E-state index in [0.29, 0.717) is 11.6 Å². The molecule has 4 atom stereocenters. The maximum Gasteiger partial charge on any atom is 0.225 e. The smallest absolute Gasteiger partial charge is 0.225 e. The van der Waals surface area contributed by atoms with Gasteiger partial charge in [-0.15, -0.1) is 0 Å². The fraction of sp³-hybridized carbons (Fsp3) is 0.833. The van der Waals surface area contributed by atoms with Crippen LogP contribution in [0.25, 0.3) is 0 Å². The molecule has 4 unspecified atom stereocenters. The summed E-state index contributed by atoms with van der Waals surface area (Å²) in [6.07, 6.45) is 4.08. The first-order valence-corrected chi connectivity index (χ1v) is 6.70. The number of thiocarbonyl (C=S) groups is 1. The van der Waals surface area contributed by atoms with Crippen molar-refractivity contribution in [3.63, 3.8) is 0 Å². The van der Waals surface area contributed by atoms with E-state index < -0.39 is 0 Å². The number of hydrogen-bond donors (Lipinski definition) is 2. The average molecular weight is 256 g/mol. The van der Waals surface area contributed by atoms with Gasteiger partial charge in [0.2, 0.25) is 5.91 Å². The number of carbonyl (C=O) groups excluding carboxylic acids is 1. The average Bonchev–Trinajstić information content (AvgIpc) is 2.86. The van der Waals surface area contributed by atoms with E-state index in [2.05, 4.69) is 5.32 Å². The van der Waals surface area contributed by atoms with Gasteiger partial charge in [0.1, 0.15) is 0 Å². The van der Waals surface area contributed by atoms with Crippen molar-refractivity contribution in [1.82, 2.24) is 5.32 Å². The van der Waals surface area contributed by atoms with Crippen molar-refractivity contribution < 1.29 is 9.53 Å². The lowest BCUT2D eigenvalue weighted by molar-refractivity contribution is -0.125. The molecule has 0 aromatic rings. The number of ether oxygens (including phenoxy) is 1. The standard InChI is InChI=1S/C12H20N2O2S/c1-7-5-8(6-16-7)12(15)14-10-4-2-3-9(10)11(13)17/h7-10H,2-6H2,1H3,(H2,13,17)(H,14,15). The lowest BCUT2D eigenvalue weighted by Gasteiger charge is -2.21. The van der Waals surface area contributed by atoms with Crippen molar-refractivity contribution in [2.45, 2.75) is 44.8 Å². The molecule has 96 valence electrons. The Morgan fingerprint density at radius 2 is 2.24 bits per heavy atom. The van der Waals surface area contributed by atoms with E-state index >= 15 is 0 Å². The first-order valence-electron chi connectivity index (χ1n) is 6.29. The minimum atomic E-state index is -0.00223. The van der Waals surface area contributed by atoms with E-state index in [-0.39, 0.29) is 29.9 Å². The number of nitrogens with two attached hydrogens (primary N) is 1. The van der Waals surface area contributed by atoms with Gasteiger partial charge >= 0.3 is 0 Å². The molecule has 5 heteroatoms. The van der Waals surface area contributed by atoms with Gasteiger partial charge in [-0.1, -0.05) is 18.6 Å². The van der Waals surface area contributed by atoms with Crippen molar-refractivity contribution in [3.8, 4) is 0 Å². The van der Waals surface area contributed by atoms with Crippen molar-refractivity contribution >= 4 is 23.1 Å². The summed E-state index contributed by atoms with van der Waals surface area (Å²) in [6.45, 7) is 2.54. The second-order valence-corrected chi connectivity index (χ2v) is 5.60. The maximum absolute atomic E-state index is 12.0. The quantitative estimate of drug-likeness (QED) is 0.739. The van der Waals surface area contributed by atoms with Crippen LogP contribution in [0.3, 0.4) is 0 Å². The Bertz CT molecular complexity index is 322. The molecule has 1 amide bonds. The molecule has 4 nitrogen and oxygen atoms in total. The minimum absolute atomic E-state index is 0.00223. The molecule has 0 aromatic heterocycles. The van der Waals surface area contributed by atoms with Gasteiger partial charge < -0.3 is 15.8 Å². The highest BCUT2D eigenvalue weighted by Gasteiger charge is 2.34. The molecule has 2 aliphatic rings. The second kappa shape index (κ2) is 5.31. The first-order chi connectivity index (χ1) is 8.08. The summed E-state index contributed by atoms with van der Waals surface area (Å²) < 4.78 is 5.41. The van der Waals surface area contributed by atoms with Crippen LogP contribution in [0, 0.1) is 11.8 Å².